The van der Waals surface area contributed by atoms with Crippen molar-refractivity contribution in [1.82, 2.24) is 0 Å². The second-order valence-corrected chi connectivity index (χ2v) is 8.40. The van der Waals surface area contributed by atoms with Gasteiger partial charge in [0.2, 0.25) is 0 Å². The number of furan rings is 1. The molecule has 7 heteroatoms. The molecule has 0 spiro atoms. The molecule has 0 fully saturated rings. The first-order valence-corrected chi connectivity index (χ1v) is 10.0. The Morgan fingerprint density at radius 3 is 2.86 bits per heavy atom. The molecule has 146 valence electrons. The Morgan fingerprint density at radius 1 is 1.36 bits per heavy atom. The van der Waals surface area contributed by atoms with Crippen LogP contribution < -0.4 is 15.8 Å². The molecule has 0 radical (unpaired) electrons. The lowest BCUT2D eigenvalue weighted by Crippen LogP contribution is -2.19. The van der Waals surface area contributed by atoms with Gasteiger partial charge < -0.3 is 20.2 Å². The molecule has 0 aliphatic heterocycles. The maximum atomic E-state index is 12.9. The summed E-state index contributed by atoms with van der Waals surface area (Å²) in [6.07, 6.45) is 2.73. The number of aryl methyl sites for hydroxylation is 1. The summed E-state index contributed by atoms with van der Waals surface area (Å²) in [5.74, 6) is 0.580. The molecule has 6 nitrogen and oxygen atoms in total. The quantitative estimate of drug-likeness (QED) is 0.685. The second-order valence-electron chi connectivity index (χ2n) is 7.29. The van der Waals surface area contributed by atoms with Crippen LogP contribution in [0.2, 0.25) is 0 Å². The van der Waals surface area contributed by atoms with E-state index in [0.717, 1.165) is 40.7 Å². The van der Waals surface area contributed by atoms with Gasteiger partial charge in [0.1, 0.15) is 16.3 Å². The van der Waals surface area contributed by atoms with Gasteiger partial charge in [-0.25, -0.2) is 0 Å². The van der Waals surface area contributed by atoms with Crippen LogP contribution in [0.1, 0.15) is 50.3 Å². The van der Waals surface area contributed by atoms with Crippen LogP contribution in [-0.4, -0.2) is 18.9 Å². The number of amides is 2. The van der Waals surface area contributed by atoms with E-state index in [0.29, 0.717) is 27.8 Å². The standard InChI is InChI=1S/C21H22N2O4S/c1-10-4-6-13-16(8-10)28-21(17(13)19(22)24)23-20(25)18-11(2)14-9-12(26-3)5-7-15(14)27-18/h5,7,9-10H,4,6,8H2,1-3H3,(H2,22,24)(H,23,25)/t10-/m1/s1. The number of rotatable bonds is 4. The first kappa shape index (κ1) is 18.6. The molecule has 0 bridgehead atoms. The van der Waals surface area contributed by atoms with E-state index in [2.05, 4.69) is 12.2 Å². The fourth-order valence-corrected chi connectivity index (χ4v) is 5.21. The van der Waals surface area contributed by atoms with Crippen LogP contribution in [0, 0.1) is 12.8 Å². The highest BCUT2D eigenvalue weighted by Crippen LogP contribution is 2.40. The number of ether oxygens (including phenoxy) is 1. The number of primary amides is 1. The zero-order valence-electron chi connectivity index (χ0n) is 16.0. The number of thiophene rings is 1. The van der Waals surface area contributed by atoms with Crippen molar-refractivity contribution >= 4 is 39.1 Å². The SMILES string of the molecule is COc1ccc2oc(C(=O)Nc3sc4c(c3C(N)=O)CC[C@@H](C)C4)c(C)c2c1. The van der Waals surface area contributed by atoms with Crippen molar-refractivity contribution < 1.29 is 18.7 Å². The van der Waals surface area contributed by atoms with Gasteiger partial charge in [0.25, 0.3) is 11.8 Å². The van der Waals surface area contributed by atoms with Crippen molar-refractivity contribution in [2.24, 2.45) is 11.7 Å². The number of anilines is 1. The number of fused-ring (bicyclic) bond motifs is 2. The Labute approximate surface area is 166 Å². The average molecular weight is 398 g/mol. The topological polar surface area (TPSA) is 94.6 Å². The van der Waals surface area contributed by atoms with Gasteiger partial charge >= 0.3 is 0 Å². The summed E-state index contributed by atoms with van der Waals surface area (Å²) in [7, 11) is 1.59. The zero-order chi connectivity index (χ0) is 20.0. The third-order valence-corrected chi connectivity index (χ3v) is 6.50. The van der Waals surface area contributed by atoms with Crippen LogP contribution >= 0.6 is 11.3 Å². The zero-order valence-corrected chi connectivity index (χ0v) is 16.9. The Bertz CT molecular complexity index is 1100. The summed E-state index contributed by atoms with van der Waals surface area (Å²) in [5, 5.41) is 4.19. The molecule has 3 aromatic rings. The smallest absolute Gasteiger partial charge is 0.292 e. The molecule has 0 saturated carbocycles. The number of benzene rings is 1. The summed E-state index contributed by atoms with van der Waals surface area (Å²) >= 11 is 1.44. The molecule has 3 N–H and O–H groups in total. The molecule has 1 aliphatic rings. The number of methoxy groups -OCH3 is 1. The molecular formula is C21H22N2O4S. The molecule has 0 saturated heterocycles. The molecule has 1 atom stereocenters. The maximum absolute atomic E-state index is 12.9. The Kier molecular flexibility index (Phi) is 4.63. The molecule has 1 aliphatic carbocycles. The number of carbonyl (C=O) groups is 2. The van der Waals surface area contributed by atoms with E-state index in [1.807, 2.05) is 13.0 Å². The lowest BCUT2D eigenvalue weighted by Gasteiger charge is -2.18. The molecule has 2 amide bonds. The molecule has 28 heavy (non-hydrogen) atoms. The van der Waals surface area contributed by atoms with Crippen molar-refractivity contribution in [1.29, 1.82) is 0 Å². The van der Waals surface area contributed by atoms with Gasteiger partial charge in [-0.15, -0.1) is 11.3 Å². The largest absolute Gasteiger partial charge is 0.497 e. The lowest BCUT2D eigenvalue weighted by atomic mass is 9.88. The Morgan fingerprint density at radius 2 is 2.14 bits per heavy atom. The van der Waals surface area contributed by atoms with E-state index in [-0.39, 0.29) is 11.7 Å². The summed E-state index contributed by atoms with van der Waals surface area (Å²) in [6, 6.07) is 5.40. The van der Waals surface area contributed by atoms with Gasteiger partial charge in [0.15, 0.2) is 5.76 Å². The van der Waals surface area contributed by atoms with Crippen LogP contribution in [0.3, 0.4) is 0 Å². The van der Waals surface area contributed by atoms with Crippen LogP contribution in [0.5, 0.6) is 5.75 Å². The van der Waals surface area contributed by atoms with Crippen molar-refractivity contribution in [3.8, 4) is 5.75 Å². The number of nitrogens with two attached hydrogens (primary N) is 1. The third-order valence-electron chi connectivity index (χ3n) is 5.33. The lowest BCUT2D eigenvalue weighted by molar-refractivity contribution is 0.0998. The Balaban J connectivity index is 1.70. The van der Waals surface area contributed by atoms with E-state index >= 15 is 0 Å². The molecule has 1 aromatic carbocycles. The van der Waals surface area contributed by atoms with Gasteiger partial charge in [0.05, 0.1) is 12.7 Å². The van der Waals surface area contributed by atoms with Gasteiger partial charge in [-0.05, 0) is 55.9 Å². The molecule has 4 rings (SSSR count). The minimum Gasteiger partial charge on any atom is -0.497 e. The molecule has 2 heterocycles. The minimum absolute atomic E-state index is 0.221. The summed E-state index contributed by atoms with van der Waals surface area (Å²) in [6.45, 7) is 4.02. The van der Waals surface area contributed by atoms with Crippen molar-refractivity contribution in [3.05, 3.63) is 45.5 Å². The predicted octanol–water partition coefficient (Wildman–Crippen LogP) is 4.29. The second kappa shape index (κ2) is 6.98. The normalized spacial score (nSPS) is 16.0. The number of nitrogens with one attached hydrogen (secondary N) is 1. The highest BCUT2D eigenvalue weighted by Gasteiger charge is 2.28. The van der Waals surface area contributed by atoms with Crippen molar-refractivity contribution in [2.75, 3.05) is 12.4 Å². The molecule has 0 unspecified atom stereocenters. The van der Waals surface area contributed by atoms with E-state index in [4.69, 9.17) is 14.9 Å². The van der Waals surface area contributed by atoms with E-state index in [1.165, 1.54) is 11.3 Å². The summed E-state index contributed by atoms with van der Waals surface area (Å²) < 4.78 is 11.0. The van der Waals surface area contributed by atoms with Gasteiger partial charge in [-0.1, -0.05) is 6.92 Å². The van der Waals surface area contributed by atoms with Crippen LogP contribution in [0.15, 0.2) is 22.6 Å². The van der Waals surface area contributed by atoms with Crippen LogP contribution in [0.25, 0.3) is 11.0 Å². The van der Waals surface area contributed by atoms with Gasteiger partial charge in [0, 0.05) is 15.8 Å². The first-order valence-electron chi connectivity index (χ1n) is 9.21. The maximum Gasteiger partial charge on any atom is 0.292 e. The third kappa shape index (κ3) is 3.05. The van der Waals surface area contributed by atoms with Gasteiger partial charge in [-0.2, -0.15) is 0 Å². The van der Waals surface area contributed by atoms with E-state index in [9.17, 15) is 9.59 Å². The number of hydrogen-bond donors (Lipinski definition) is 2. The monoisotopic (exact) mass is 398 g/mol. The Hall–Kier alpha value is -2.80. The fraction of sp³-hybridized carbons (Fsp3) is 0.333. The summed E-state index contributed by atoms with van der Waals surface area (Å²) in [5.41, 5.74) is 8.39. The van der Waals surface area contributed by atoms with Crippen LogP contribution in [-0.2, 0) is 12.8 Å². The highest BCUT2D eigenvalue weighted by atomic mass is 32.1. The fourth-order valence-electron chi connectivity index (χ4n) is 3.80. The molecule has 2 aromatic heterocycles. The summed E-state index contributed by atoms with van der Waals surface area (Å²) in [4.78, 5) is 26.1. The van der Waals surface area contributed by atoms with Crippen LogP contribution in [0.4, 0.5) is 5.00 Å². The van der Waals surface area contributed by atoms with E-state index in [1.54, 1.807) is 19.2 Å². The first-order chi connectivity index (χ1) is 13.4. The average Bonchev–Trinajstić information content (AvgIpc) is 3.18. The number of carbonyl (C=O) groups excluding carboxylic acids is 2. The van der Waals surface area contributed by atoms with Crippen molar-refractivity contribution in [2.45, 2.75) is 33.1 Å². The predicted molar refractivity (Wildman–Crippen MR) is 109 cm³/mol. The van der Waals surface area contributed by atoms with Crippen molar-refractivity contribution in [3.63, 3.8) is 0 Å². The molecular weight excluding hydrogens is 376 g/mol. The minimum atomic E-state index is -0.506. The highest BCUT2D eigenvalue weighted by molar-refractivity contribution is 7.17. The van der Waals surface area contributed by atoms with Gasteiger partial charge in [-0.3, -0.25) is 9.59 Å². The van der Waals surface area contributed by atoms with E-state index < -0.39 is 5.91 Å². The number of hydrogen-bond acceptors (Lipinski definition) is 5.